The zero-order chi connectivity index (χ0) is 35.9. The quantitative estimate of drug-likeness (QED) is 0.180. The van der Waals surface area contributed by atoms with E-state index in [0.29, 0.717) is 0 Å². The summed E-state index contributed by atoms with van der Waals surface area (Å²) in [6.45, 7) is 2.13. The van der Waals surface area contributed by atoms with E-state index in [1.54, 1.807) is 0 Å². The first-order chi connectivity index (χ1) is 26.6. The first-order valence-electron chi connectivity index (χ1n) is 18.4. The molecule has 54 heavy (non-hydrogen) atoms. The molecule has 0 fully saturated rings. The largest absolute Gasteiger partial charge is 0.456 e. The molecule has 0 aliphatic carbocycles. The Balaban J connectivity index is 1.04. The van der Waals surface area contributed by atoms with E-state index in [9.17, 15) is 0 Å². The predicted octanol–water partition coefficient (Wildman–Crippen LogP) is 14.0. The first kappa shape index (κ1) is 30.6. The molecule has 3 heterocycles. The van der Waals surface area contributed by atoms with Crippen LogP contribution in [0.25, 0.3) is 93.6 Å². The highest BCUT2D eigenvalue weighted by atomic mass is 16.3. The van der Waals surface area contributed by atoms with E-state index in [-0.39, 0.29) is 0 Å². The fraction of sp³-hybridized carbons (Fsp3) is 0.0400. The minimum absolute atomic E-state index is 0.878. The van der Waals surface area contributed by atoms with Gasteiger partial charge in [-0.25, -0.2) is 0 Å². The second-order valence-electron chi connectivity index (χ2n) is 14.3. The molecular weight excluding hydrogens is 661 g/mol. The second kappa shape index (κ2) is 11.7. The van der Waals surface area contributed by atoms with Crippen molar-refractivity contribution in [3.05, 3.63) is 175 Å². The Hall–Kier alpha value is -7.04. The maximum atomic E-state index is 6.54. The van der Waals surface area contributed by atoms with Crippen molar-refractivity contribution in [2.24, 2.45) is 0 Å². The van der Waals surface area contributed by atoms with Crippen LogP contribution < -0.4 is 4.90 Å². The standard InChI is InChI=1S/C50H34N2O2/c1-31-11-10-14-36(25-31)51(2)44-17-8-6-15-37(44)34-21-24-48-42(27-34)39-22-19-33(28-49(39)54-48)32-20-23-45-40(26-32)41-29-43-38-16-7-9-18-47(38)53-50(43)30-46(41)52(45)35-12-4-3-5-13-35/h3-30H,1-2H3. The van der Waals surface area contributed by atoms with Gasteiger partial charge in [0.2, 0.25) is 0 Å². The topological polar surface area (TPSA) is 34.5 Å². The number of para-hydroxylation sites is 3. The van der Waals surface area contributed by atoms with Crippen molar-refractivity contribution < 1.29 is 8.83 Å². The minimum atomic E-state index is 0.878. The summed E-state index contributed by atoms with van der Waals surface area (Å²) in [6, 6.07) is 60.6. The molecule has 0 spiro atoms. The average Bonchev–Trinajstić information content (AvgIpc) is 3.88. The summed E-state index contributed by atoms with van der Waals surface area (Å²) < 4.78 is 15.2. The van der Waals surface area contributed by atoms with Crippen molar-refractivity contribution in [1.29, 1.82) is 0 Å². The van der Waals surface area contributed by atoms with Crippen molar-refractivity contribution in [3.63, 3.8) is 0 Å². The van der Waals surface area contributed by atoms with Crippen LogP contribution in [0.5, 0.6) is 0 Å². The highest BCUT2D eigenvalue weighted by molar-refractivity contribution is 6.18. The van der Waals surface area contributed by atoms with Gasteiger partial charge in [0.05, 0.1) is 11.0 Å². The molecule has 11 rings (SSSR count). The average molecular weight is 695 g/mol. The van der Waals surface area contributed by atoms with Gasteiger partial charge >= 0.3 is 0 Å². The first-order valence-corrected chi connectivity index (χ1v) is 18.4. The normalized spacial score (nSPS) is 11.9. The lowest BCUT2D eigenvalue weighted by Crippen LogP contribution is -2.10. The molecule has 11 aromatic rings. The Morgan fingerprint density at radius 2 is 1.09 bits per heavy atom. The Morgan fingerprint density at radius 1 is 0.426 bits per heavy atom. The highest BCUT2D eigenvalue weighted by Crippen LogP contribution is 2.42. The minimum Gasteiger partial charge on any atom is -0.456 e. The van der Waals surface area contributed by atoms with Gasteiger partial charge < -0.3 is 18.3 Å². The molecule has 0 radical (unpaired) electrons. The third-order valence-corrected chi connectivity index (χ3v) is 11.0. The maximum Gasteiger partial charge on any atom is 0.137 e. The van der Waals surface area contributed by atoms with Gasteiger partial charge in [0.15, 0.2) is 0 Å². The SMILES string of the molecule is Cc1cccc(N(C)c2ccccc2-c2ccc3oc4cc(-c5ccc6c(c5)c5cc7c(cc5n6-c5ccccc5)oc5ccccc57)ccc4c3c2)c1. The van der Waals surface area contributed by atoms with Crippen LogP contribution >= 0.6 is 0 Å². The number of fused-ring (bicyclic) bond motifs is 9. The number of benzene rings is 8. The summed E-state index contributed by atoms with van der Waals surface area (Å²) in [4.78, 5) is 2.26. The van der Waals surface area contributed by atoms with Crippen LogP contribution in [0.4, 0.5) is 11.4 Å². The van der Waals surface area contributed by atoms with Crippen molar-refractivity contribution in [3.8, 4) is 27.9 Å². The molecular formula is C50H34N2O2. The van der Waals surface area contributed by atoms with E-state index in [4.69, 9.17) is 8.83 Å². The van der Waals surface area contributed by atoms with Crippen molar-refractivity contribution in [2.75, 3.05) is 11.9 Å². The molecule has 8 aromatic carbocycles. The molecule has 0 N–H and O–H groups in total. The lowest BCUT2D eigenvalue weighted by atomic mass is 9.98. The van der Waals surface area contributed by atoms with Crippen LogP contribution in [0.2, 0.25) is 0 Å². The molecule has 0 bridgehead atoms. The molecule has 0 aliphatic rings. The van der Waals surface area contributed by atoms with Crippen molar-refractivity contribution in [2.45, 2.75) is 6.92 Å². The van der Waals surface area contributed by atoms with E-state index in [0.717, 1.165) is 88.7 Å². The molecule has 0 saturated carbocycles. The van der Waals surface area contributed by atoms with Gasteiger partial charge in [0.25, 0.3) is 0 Å². The van der Waals surface area contributed by atoms with E-state index >= 15 is 0 Å². The lowest BCUT2D eigenvalue weighted by Gasteiger charge is -2.23. The van der Waals surface area contributed by atoms with E-state index in [2.05, 4.69) is 181 Å². The summed E-state index contributed by atoms with van der Waals surface area (Å²) in [5.74, 6) is 0. The molecule has 3 aromatic heterocycles. The van der Waals surface area contributed by atoms with Crippen molar-refractivity contribution >= 4 is 77.1 Å². The summed E-state index contributed by atoms with van der Waals surface area (Å²) in [6.07, 6.45) is 0. The Kier molecular flexibility index (Phi) is 6.65. The fourth-order valence-corrected chi connectivity index (χ4v) is 8.38. The molecule has 0 saturated heterocycles. The zero-order valence-electron chi connectivity index (χ0n) is 29.9. The monoisotopic (exact) mass is 694 g/mol. The van der Waals surface area contributed by atoms with Crippen LogP contribution in [-0.4, -0.2) is 11.6 Å². The van der Waals surface area contributed by atoms with Crippen LogP contribution in [0.15, 0.2) is 179 Å². The number of hydrogen-bond donors (Lipinski definition) is 0. The summed E-state index contributed by atoms with van der Waals surface area (Å²) in [7, 11) is 2.14. The van der Waals surface area contributed by atoms with E-state index < -0.39 is 0 Å². The Bertz CT molecular complexity index is 3250. The number of hydrogen-bond acceptors (Lipinski definition) is 3. The third-order valence-electron chi connectivity index (χ3n) is 11.0. The van der Waals surface area contributed by atoms with Gasteiger partial charge in [-0.1, -0.05) is 84.9 Å². The molecule has 256 valence electrons. The highest BCUT2D eigenvalue weighted by Gasteiger charge is 2.18. The van der Waals surface area contributed by atoms with Crippen molar-refractivity contribution in [1.82, 2.24) is 4.57 Å². The zero-order valence-corrected chi connectivity index (χ0v) is 29.9. The number of nitrogens with zero attached hydrogens (tertiary/aromatic N) is 2. The predicted molar refractivity (Wildman–Crippen MR) is 225 cm³/mol. The molecule has 0 atom stereocenters. The Labute approximate surface area is 311 Å². The van der Waals surface area contributed by atoms with Gasteiger partial charge in [-0.3, -0.25) is 0 Å². The third kappa shape index (κ3) is 4.70. The summed E-state index contributed by atoms with van der Waals surface area (Å²) in [5, 5.41) is 6.87. The molecule has 0 unspecified atom stereocenters. The van der Waals surface area contributed by atoms with Gasteiger partial charge in [0.1, 0.15) is 22.3 Å². The van der Waals surface area contributed by atoms with Gasteiger partial charge in [0, 0.05) is 68.1 Å². The second-order valence-corrected chi connectivity index (χ2v) is 14.3. The van der Waals surface area contributed by atoms with Gasteiger partial charge in [-0.15, -0.1) is 0 Å². The number of furan rings is 2. The molecule has 4 heteroatoms. The summed E-state index contributed by atoms with van der Waals surface area (Å²) in [5.41, 5.74) is 15.1. The number of anilines is 2. The van der Waals surface area contributed by atoms with Crippen LogP contribution in [0.1, 0.15) is 5.56 Å². The fourth-order valence-electron chi connectivity index (χ4n) is 8.38. The molecule has 0 amide bonds. The van der Waals surface area contributed by atoms with E-state index in [1.165, 1.54) is 21.9 Å². The van der Waals surface area contributed by atoms with Gasteiger partial charge in [-0.2, -0.15) is 0 Å². The van der Waals surface area contributed by atoms with E-state index in [1.807, 2.05) is 12.1 Å². The van der Waals surface area contributed by atoms with Crippen LogP contribution in [0, 0.1) is 6.92 Å². The smallest absolute Gasteiger partial charge is 0.137 e. The van der Waals surface area contributed by atoms with Crippen LogP contribution in [-0.2, 0) is 0 Å². The lowest BCUT2D eigenvalue weighted by molar-refractivity contribution is 0.669. The number of aryl methyl sites for hydroxylation is 1. The summed E-state index contributed by atoms with van der Waals surface area (Å²) >= 11 is 0. The maximum absolute atomic E-state index is 6.54. The van der Waals surface area contributed by atoms with Crippen LogP contribution in [0.3, 0.4) is 0 Å². The molecule has 0 aliphatic heterocycles. The Morgan fingerprint density at radius 3 is 1.98 bits per heavy atom. The molecule has 4 nitrogen and oxygen atoms in total. The van der Waals surface area contributed by atoms with Gasteiger partial charge in [-0.05, 0) is 108 Å². The number of rotatable bonds is 5. The number of aromatic nitrogens is 1.